The molecule has 1 N–H and O–H groups in total. The monoisotopic (exact) mass is 299 g/mol. The second kappa shape index (κ2) is 5.86. The summed E-state index contributed by atoms with van der Waals surface area (Å²) in [6.45, 7) is 0.944. The number of nitrogens with zero attached hydrogens (tertiary/aromatic N) is 3. The highest BCUT2D eigenvalue weighted by Gasteiger charge is 2.35. The van der Waals surface area contributed by atoms with Crippen LogP contribution in [0.4, 0.5) is 5.00 Å². The number of hydrogen-bond donors (Lipinski definition) is 1. The van der Waals surface area contributed by atoms with Crippen molar-refractivity contribution in [2.75, 3.05) is 27.2 Å². The third-order valence-electron chi connectivity index (χ3n) is 3.21. The quantitative estimate of drug-likeness (QED) is 0.656. The van der Waals surface area contributed by atoms with Gasteiger partial charge in [-0.2, -0.15) is 0 Å². The van der Waals surface area contributed by atoms with Gasteiger partial charge in [-0.25, -0.2) is 0 Å². The van der Waals surface area contributed by atoms with E-state index < -0.39 is 11.0 Å². The summed E-state index contributed by atoms with van der Waals surface area (Å²) in [6, 6.07) is 2.75. The van der Waals surface area contributed by atoms with Crippen LogP contribution in [0.2, 0.25) is 0 Å². The fourth-order valence-corrected chi connectivity index (χ4v) is 3.19. The largest absolute Gasteiger partial charge is 0.391 e. The molecule has 0 radical (unpaired) electrons. The van der Waals surface area contributed by atoms with Crippen LogP contribution in [0.25, 0.3) is 0 Å². The molecule has 0 bridgehead atoms. The maximum absolute atomic E-state index is 12.4. The van der Waals surface area contributed by atoms with E-state index in [1.807, 2.05) is 19.0 Å². The summed E-state index contributed by atoms with van der Waals surface area (Å²) >= 11 is 0.873. The van der Waals surface area contributed by atoms with E-state index in [1.165, 1.54) is 12.1 Å². The topological polar surface area (TPSA) is 86.9 Å². The van der Waals surface area contributed by atoms with E-state index in [1.54, 1.807) is 4.90 Å². The number of carbonyl (C=O) groups is 1. The Hall–Kier alpha value is -1.51. The molecule has 0 aromatic carbocycles. The van der Waals surface area contributed by atoms with Crippen molar-refractivity contribution in [3.8, 4) is 0 Å². The van der Waals surface area contributed by atoms with Crippen molar-refractivity contribution >= 4 is 22.2 Å². The smallest absolute Gasteiger partial charge is 0.324 e. The summed E-state index contributed by atoms with van der Waals surface area (Å²) in [5, 5.41) is 20.4. The third kappa shape index (κ3) is 3.14. The molecule has 2 heterocycles. The number of aliphatic hydroxyl groups excluding tert-OH is 1. The van der Waals surface area contributed by atoms with Gasteiger partial charge < -0.3 is 14.9 Å². The third-order valence-corrected chi connectivity index (χ3v) is 4.24. The molecule has 0 saturated carbocycles. The minimum atomic E-state index is -0.529. The molecule has 2 unspecified atom stereocenters. The molecular weight excluding hydrogens is 282 g/mol. The highest BCUT2D eigenvalue weighted by molar-refractivity contribution is 7.17. The lowest BCUT2D eigenvalue weighted by atomic mass is 10.2. The maximum atomic E-state index is 12.4. The molecule has 8 heteroatoms. The van der Waals surface area contributed by atoms with Gasteiger partial charge in [0.2, 0.25) is 0 Å². The zero-order valence-electron chi connectivity index (χ0n) is 11.4. The molecule has 1 saturated heterocycles. The van der Waals surface area contributed by atoms with Crippen LogP contribution >= 0.6 is 11.3 Å². The number of thiophene rings is 1. The number of nitro groups is 1. The predicted octanol–water partition coefficient (Wildman–Crippen LogP) is 0.793. The number of hydrogen-bond acceptors (Lipinski definition) is 6. The van der Waals surface area contributed by atoms with Crippen LogP contribution in [0, 0.1) is 10.1 Å². The molecule has 1 amide bonds. The van der Waals surface area contributed by atoms with Crippen LogP contribution in [0.15, 0.2) is 12.1 Å². The molecule has 7 nitrogen and oxygen atoms in total. The van der Waals surface area contributed by atoms with Gasteiger partial charge in [-0.15, -0.1) is 0 Å². The van der Waals surface area contributed by atoms with E-state index in [9.17, 15) is 20.0 Å². The number of likely N-dealkylation sites (N-methyl/N-ethyl adjacent to an activating group) is 1. The van der Waals surface area contributed by atoms with Crippen molar-refractivity contribution in [1.29, 1.82) is 0 Å². The Morgan fingerprint density at radius 3 is 2.85 bits per heavy atom. The van der Waals surface area contributed by atoms with Gasteiger partial charge in [0.05, 0.1) is 15.9 Å². The summed E-state index contributed by atoms with van der Waals surface area (Å²) in [7, 11) is 3.81. The molecule has 2 rings (SSSR count). The average molecular weight is 299 g/mol. The van der Waals surface area contributed by atoms with Gasteiger partial charge in [-0.05, 0) is 26.6 Å². The van der Waals surface area contributed by atoms with Gasteiger partial charge in [0.1, 0.15) is 0 Å². The van der Waals surface area contributed by atoms with Gasteiger partial charge in [0.15, 0.2) is 0 Å². The van der Waals surface area contributed by atoms with E-state index in [0.717, 1.165) is 11.3 Å². The molecule has 1 fully saturated rings. The van der Waals surface area contributed by atoms with Crippen molar-refractivity contribution in [2.45, 2.75) is 18.6 Å². The fourth-order valence-electron chi connectivity index (χ4n) is 2.42. The lowest BCUT2D eigenvalue weighted by molar-refractivity contribution is -0.380. The van der Waals surface area contributed by atoms with E-state index in [-0.39, 0.29) is 23.5 Å². The van der Waals surface area contributed by atoms with Gasteiger partial charge in [0, 0.05) is 25.2 Å². The van der Waals surface area contributed by atoms with Crippen LogP contribution in [0.1, 0.15) is 16.1 Å². The Labute approximate surface area is 120 Å². The standard InChI is InChI=1S/C12H17N3O4S/c1-13(2)6-8-5-9(16)7-14(8)12(17)10-3-4-11(20-10)15(18)19/h3-4,8-9,16H,5-7H2,1-2H3. The van der Waals surface area contributed by atoms with E-state index in [4.69, 9.17) is 0 Å². The second-order valence-electron chi connectivity index (χ2n) is 5.16. The first-order valence-electron chi connectivity index (χ1n) is 6.26. The summed E-state index contributed by atoms with van der Waals surface area (Å²) in [5.74, 6) is -0.244. The van der Waals surface area contributed by atoms with Crippen LogP contribution in [0.5, 0.6) is 0 Å². The lowest BCUT2D eigenvalue weighted by Crippen LogP contribution is -2.41. The summed E-state index contributed by atoms with van der Waals surface area (Å²) < 4.78 is 0. The molecule has 1 aliphatic heterocycles. The maximum Gasteiger partial charge on any atom is 0.324 e. The summed E-state index contributed by atoms with van der Waals surface area (Å²) in [5.41, 5.74) is 0. The number of carbonyl (C=O) groups excluding carboxylic acids is 1. The Morgan fingerprint density at radius 1 is 1.60 bits per heavy atom. The fraction of sp³-hybridized carbons (Fsp3) is 0.583. The number of β-amino-alcohol motifs (C(OH)–C–C–N with tert-alkyl or cyclic N) is 1. The summed E-state index contributed by atoms with van der Waals surface area (Å²) in [4.78, 5) is 26.5. The Balaban J connectivity index is 2.15. The van der Waals surface area contributed by atoms with Crippen molar-refractivity contribution in [2.24, 2.45) is 0 Å². The average Bonchev–Trinajstić information content (AvgIpc) is 2.94. The molecule has 0 aliphatic carbocycles. The highest BCUT2D eigenvalue weighted by Crippen LogP contribution is 2.28. The molecule has 2 atom stereocenters. The number of aliphatic hydroxyl groups is 1. The second-order valence-corrected chi connectivity index (χ2v) is 6.22. The minimum absolute atomic E-state index is 0.0442. The molecule has 1 aromatic rings. The lowest BCUT2D eigenvalue weighted by Gasteiger charge is -2.26. The van der Waals surface area contributed by atoms with Gasteiger partial charge in [-0.1, -0.05) is 11.3 Å². The van der Waals surface area contributed by atoms with Crippen LogP contribution in [-0.2, 0) is 0 Å². The first-order chi connectivity index (χ1) is 9.38. The predicted molar refractivity (Wildman–Crippen MR) is 75.0 cm³/mol. The van der Waals surface area contributed by atoms with Crippen LogP contribution < -0.4 is 0 Å². The van der Waals surface area contributed by atoms with Gasteiger partial charge in [0.25, 0.3) is 5.91 Å². The van der Waals surface area contributed by atoms with E-state index in [2.05, 4.69) is 0 Å². The van der Waals surface area contributed by atoms with Crippen LogP contribution in [-0.4, -0.2) is 65.1 Å². The first kappa shape index (κ1) is 14.9. The minimum Gasteiger partial charge on any atom is -0.391 e. The molecule has 1 aromatic heterocycles. The molecular formula is C12H17N3O4S. The molecule has 20 heavy (non-hydrogen) atoms. The van der Waals surface area contributed by atoms with Crippen molar-refractivity contribution < 1.29 is 14.8 Å². The molecule has 1 aliphatic rings. The Morgan fingerprint density at radius 2 is 2.30 bits per heavy atom. The first-order valence-corrected chi connectivity index (χ1v) is 7.08. The SMILES string of the molecule is CN(C)CC1CC(O)CN1C(=O)c1ccc([N+](=O)[O-])s1. The molecule has 110 valence electrons. The Kier molecular flexibility index (Phi) is 4.36. The number of rotatable bonds is 4. The zero-order chi connectivity index (χ0) is 14.9. The number of likely N-dealkylation sites (tertiary alicyclic amines) is 1. The van der Waals surface area contributed by atoms with Crippen molar-refractivity contribution in [1.82, 2.24) is 9.80 Å². The van der Waals surface area contributed by atoms with E-state index >= 15 is 0 Å². The van der Waals surface area contributed by atoms with Crippen molar-refractivity contribution in [3.63, 3.8) is 0 Å². The van der Waals surface area contributed by atoms with Gasteiger partial charge >= 0.3 is 5.00 Å². The van der Waals surface area contributed by atoms with Crippen molar-refractivity contribution in [3.05, 3.63) is 27.1 Å². The summed E-state index contributed by atoms with van der Waals surface area (Å²) in [6.07, 6.45) is 0.0102. The number of amides is 1. The van der Waals surface area contributed by atoms with E-state index in [0.29, 0.717) is 17.8 Å². The zero-order valence-corrected chi connectivity index (χ0v) is 12.2. The van der Waals surface area contributed by atoms with Gasteiger partial charge in [-0.3, -0.25) is 14.9 Å². The van der Waals surface area contributed by atoms with Crippen LogP contribution in [0.3, 0.4) is 0 Å². The highest BCUT2D eigenvalue weighted by atomic mass is 32.1. The molecule has 0 spiro atoms. The Bertz CT molecular complexity index is 517. The normalized spacial score (nSPS) is 22.5.